The van der Waals surface area contributed by atoms with Gasteiger partial charge in [-0.15, -0.1) is 0 Å². The Labute approximate surface area is 136 Å². The molecule has 0 spiro atoms. The first-order chi connectivity index (χ1) is 11.4. The maximum absolute atomic E-state index is 12.7. The lowest BCUT2D eigenvalue weighted by molar-refractivity contribution is -0.255. The number of rotatable bonds is 3. The van der Waals surface area contributed by atoms with Gasteiger partial charge in [0, 0.05) is 0 Å². The van der Waals surface area contributed by atoms with Gasteiger partial charge in [0.1, 0.15) is 0 Å². The molecule has 2 aliphatic carbocycles. The van der Waals surface area contributed by atoms with Gasteiger partial charge < -0.3 is 19.8 Å². The zero-order chi connectivity index (χ0) is 17.2. The Bertz CT molecular complexity index is 779. The number of carboxylic acid groups (broad SMARTS) is 2. The van der Waals surface area contributed by atoms with Crippen molar-refractivity contribution in [3.8, 4) is 0 Å². The SMILES string of the molecule is O=C([O-])c1cc(C(=O)[O-])cc(N2C(=O)[C@@H]3[C@@H](C2=O)[C@H]2C=C[C@@H]3C2)c1. The van der Waals surface area contributed by atoms with E-state index in [1.807, 2.05) is 12.2 Å². The van der Waals surface area contributed by atoms with E-state index in [1.54, 1.807) is 0 Å². The highest BCUT2D eigenvalue weighted by molar-refractivity contribution is 6.23. The van der Waals surface area contributed by atoms with E-state index in [9.17, 15) is 29.4 Å². The quantitative estimate of drug-likeness (QED) is 0.505. The van der Waals surface area contributed by atoms with Gasteiger partial charge in [-0.1, -0.05) is 12.2 Å². The van der Waals surface area contributed by atoms with Crippen molar-refractivity contribution < 1.29 is 29.4 Å². The second-order valence-electron chi connectivity index (χ2n) is 6.36. The summed E-state index contributed by atoms with van der Waals surface area (Å²) in [5, 5.41) is 22.2. The van der Waals surface area contributed by atoms with Crippen LogP contribution in [0.15, 0.2) is 30.4 Å². The molecule has 1 aromatic rings. The van der Waals surface area contributed by atoms with Crippen molar-refractivity contribution in [1.82, 2.24) is 0 Å². The molecule has 122 valence electrons. The largest absolute Gasteiger partial charge is 0.545 e. The molecular formula is C17H11NO6-2. The third kappa shape index (κ3) is 1.84. The summed E-state index contributed by atoms with van der Waals surface area (Å²) in [7, 11) is 0. The van der Waals surface area contributed by atoms with E-state index >= 15 is 0 Å². The summed E-state index contributed by atoms with van der Waals surface area (Å²) in [5.74, 6) is -4.92. The van der Waals surface area contributed by atoms with Crippen LogP contribution in [0.3, 0.4) is 0 Å². The van der Waals surface area contributed by atoms with Crippen LogP contribution in [0, 0.1) is 23.7 Å². The van der Waals surface area contributed by atoms with Crippen LogP contribution in [0.5, 0.6) is 0 Å². The van der Waals surface area contributed by atoms with Gasteiger partial charge in [-0.25, -0.2) is 4.90 Å². The zero-order valence-corrected chi connectivity index (χ0v) is 12.3. The minimum absolute atomic E-state index is 0.00591. The van der Waals surface area contributed by atoms with Crippen LogP contribution in [0.4, 0.5) is 5.69 Å². The number of anilines is 1. The van der Waals surface area contributed by atoms with Gasteiger partial charge in [0.05, 0.1) is 29.5 Å². The normalized spacial score (nSPS) is 30.1. The standard InChI is InChI=1S/C17H13NO6/c19-14-12-7-1-2-8(3-7)13(12)15(20)18(14)11-5-9(16(21)22)4-10(6-11)17(23)24/h1-2,4-8,12-13H,3H2,(H,21,22)(H,23,24)/p-2/t7-,8+,12-,13-/m0/s1. The lowest BCUT2D eigenvalue weighted by Gasteiger charge is -2.20. The average Bonchev–Trinajstić information content (AvgIpc) is 3.21. The fraction of sp³-hybridized carbons (Fsp3) is 0.294. The van der Waals surface area contributed by atoms with Gasteiger partial charge in [0.2, 0.25) is 11.8 Å². The molecular weight excluding hydrogens is 314 g/mol. The molecule has 0 radical (unpaired) electrons. The molecule has 1 saturated heterocycles. The highest BCUT2D eigenvalue weighted by Crippen LogP contribution is 2.53. The molecule has 1 aromatic carbocycles. The molecule has 7 heteroatoms. The number of carboxylic acids is 2. The van der Waals surface area contributed by atoms with E-state index in [0.717, 1.165) is 29.5 Å². The fourth-order valence-electron chi connectivity index (χ4n) is 4.13. The van der Waals surface area contributed by atoms with Crippen LogP contribution in [0.25, 0.3) is 0 Å². The van der Waals surface area contributed by atoms with Crippen molar-refractivity contribution in [2.24, 2.45) is 23.7 Å². The smallest absolute Gasteiger partial charge is 0.238 e. The Morgan fingerprint density at radius 2 is 1.33 bits per heavy atom. The predicted octanol–water partition coefficient (Wildman–Crippen LogP) is -1.27. The zero-order valence-electron chi connectivity index (χ0n) is 12.3. The summed E-state index contributed by atoms with van der Waals surface area (Å²) >= 11 is 0. The van der Waals surface area contributed by atoms with Gasteiger partial charge >= 0.3 is 0 Å². The molecule has 4 atom stereocenters. The Morgan fingerprint density at radius 1 is 0.875 bits per heavy atom. The first-order valence-corrected chi connectivity index (χ1v) is 7.52. The average molecular weight is 325 g/mol. The molecule has 0 aromatic heterocycles. The molecule has 2 amide bonds. The summed E-state index contributed by atoms with van der Waals surface area (Å²) in [6.45, 7) is 0. The Kier molecular flexibility index (Phi) is 2.90. The van der Waals surface area contributed by atoms with Crippen LogP contribution in [0.1, 0.15) is 27.1 Å². The molecule has 4 rings (SSSR count). The van der Waals surface area contributed by atoms with Gasteiger partial charge in [0.25, 0.3) is 0 Å². The van der Waals surface area contributed by atoms with E-state index in [0.29, 0.717) is 0 Å². The number of amides is 2. The molecule has 3 aliphatic rings. The lowest BCUT2D eigenvalue weighted by Crippen LogP contribution is -2.34. The summed E-state index contributed by atoms with van der Waals surface area (Å²) in [4.78, 5) is 48.5. The number of hydrogen-bond donors (Lipinski definition) is 0. The molecule has 2 bridgehead atoms. The van der Waals surface area contributed by atoms with E-state index in [4.69, 9.17) is 0 Å². The Hall–Kier alpha value is -2.96. The maximum Gasteiger partial charge on any atom is 0.238 e. The third-order valence-corrected chi connectivity index (χ3v) is 5.12. The van der Waals surface area contributed by atoms with Gasteiger partial charge in [-0.2, -0.15) is 0 Å². The number of allylic oxidation sites excluding steroid dienone is 2. The monoisotopic (exact) mass is 325 g/mol. The first kappa shape index (κ1) is 14.6. The number of aromatic carboxylic acids is 2. The second-order valence-corrected chi connectivity index (χ2v) is 6.36. The summed E-state index contributed by atoms with van der Waals surface area (Å²) < 4.78 is 0. The van der Waals surface area contributed by atoms with Crippen LogP contribution in [-0.4, -0.2) is 23.8 Å². The van der Waals surface area contributed by atoms with Crippen molar-refractivity contribution in [3.63, 3.8) is 0 Å². The number of nitrogens with zero attached hydrogens (tertiary/aromatic N) is 1. The summed E-state index contributed by atoms with van der Waals surface area (Å²) in [6.07, 6.45) is 4.64. The molecule has 1 saturated carbocycles. The van der Waals surface area contributed by atoms with E-state index in [1.165, 1.54) is 0 Å². The van der Waals surface area contributed by atoms with E-state index < -0.39 is 46.7 Å². The van der Waals surface area contributed by atoms with Crippen molar-refractivity contribution in [2.45, 2.75) is 6.42 Å². The molecule has 1 aliphatic heterocycles. The van der Waals surface area contributed by atoms with Crippen molar-refractivity contribution in [3.05, 3.63) is 41.5 Å². The molecule has 0 unspecified atom stereocenters. The van der Waals surface area contributed by atoms with Crippen molar-refractivity contribution in [2.75, 3.05) is 4.90 Å². The maximum atomic E-state index is 12.7. The van der Waals surface area contributed by atoms with Crippen LogP contribution < -0.4 is 15.1 Å². The number of hydrogen-bond acceptors (Lipinski definition) is 6. The minimum Gasteiger partial charge on any atom is -0.545 e. The van der Waals surface area contributed by atoms with Crippen LogP contribution >= 0.6 is 0 Å². The van der Waals surface area contributed by atoms with E-state index in [-0.39, 0.29) is 17.5 Å². The van der Waals surface area contributed by atoms with Gasteiger partial charge in [-0.3, -0.25) is 9.59 Å². The number of carbonyl (C=O) groups excluding carboxylic acids is 4. The van der Waals surface area contributed by atoms with Gasteiger partial charge in [0.15, 0.2) is 0 Å². The van der Waals surface area contributed by atoms with Gasteiger partial charge in [-0.05, 0) is 47.6 Å². The van der Waals surface area contributed by atoms with Crippen LogP contribution in [-0.2, 0) is 9.59 Å². The molecule has 24 heavy (non-hydrogen) atoms. The minimum atomic E-state index is -1.60. The molecule has 2 fully saturated rings. The summed E-state index contributed by atoms with van der Waals surface area (Å²) in [6, 6.07) is 3.03. The number of benzene rings is 1. The molecule has 1 heterocycles. The number of imide groups is 1. The van der Waals surface area contributed by atoms with Crippen molar-refractivity contribution >= 4 is 29.4 Å². The Balaban J connectivity index is 1.79. The number of fused-ring (bicyclic) bond motifs is 5. The molecule has 0 N–H and O–H groups in total. The van der Waals surface area contributed by atoms with Crippen LogP contribution in [0.2, 0.25) is 0 Å². The predicted molar refractivity (Wildman–Crippen MR) is 75.3 cm³/mol. The van der Waals surface area contributed by atoms with E-state index in [2.05, 4.69) is 0 Å². The lowest BCUT2D eigenvalue weighted by atomic mass is 9.85. The topological polar surface area (TPSA) is 118 Å². The highest BCUT2D eigenvalue weighted by atomic mass is 16.4. The van der Waals surface area contributed by atoms with Crippen molar-refractivity contribution in [1.29, 1.82) is 0 Å². The molecule has 7 nitrogen and oxygen atoms in total. The highest BCUT2D eigenvalue weighted by Gasteiger charge is 2.59. The first-order valence-electron chi connectivity index (χ1n) is 7.52. The fourth-order valence-corrected chi connectivity index (χ4v) is 4.13. The number of carbonyl (C=O) groups is 4. The summed E-state index contributed by atoms with van der Waals surface area (Å²) in [5.41, 5.74) is -0.921. The second kappa shape index (κ2) is 4.77. The third-order valence-electron chi connectivity index (χ3n) is 5.12. The Morgan fingerprint density at radius 3 is 1.75 bits per heavy atom.